The summed E-state index contributed by atoms with van der Waals surface area (Å²) in [6.07, 6.45) is 0.0951. The number of anilines is 4. The number of amides is 1. The predicted molar refractivity (Wildman–Crippen MR) is 133 cm³/mol. The fourth-order valence-electron chi connectivity index (χ4n) is 3.78. The maximum Gasteiger partial charge on any atom is 0.221 e. The summed E-state index contributed by atoms with van der Waals surface area (Å²) in [7, 11) is 0. The Morgan fingerprint density at radius 1 is 1.12 bits per heavy atom. The van der Waals surface area contributed by atoms with Crippen molar-refractivity contribution in [1.82, 2.24) is 9.97 Å². The van der Waals surface area contributed by atoms with E-state index in [2.05, 4.69) is 36.3 Å². The highest BCUT2D eigenvalue weighted by Crippen LogP contribution is 2.32. The summed E-state index contributed by atoms with van der Waals surface area (Å²) in [5, 5.41) is 6.84. The largest absolute Gasteiger partial charge is 0.374 e. The van der Waals surface area contributed by atoms with Gasteiger partial charge in [0.2, 0.25) is 5.91 Å². The van der Waals surface area contributed by atoms with Gasteiger partial charge in [-0.1, -0.05) is 17.7 Å². The number of nitrogens with one attached hydrogen (secondary N) is 2. The molecule has 1 unspecified atom stereocenters. The van der Waals surface area contributed by atoms with Gasteiger partial charge in [0.25, 0.3) is 0 Å². The van der Waals surface area contributed by atoms with Gasteiger partial charge >= 0.3 is 0 Å². The lowest BCUT2D eigenvalue weighted by Crippen LogP contribution is -2.56. The molecule has 1 saturated heterocycles. The van der Waals surface area contributed by atoms with Crippen LogP contribution in [0.15, 0.2) is 54.6 Å². The Bertz CT molecular complexity index is 1150. The topological polar surface area (TPSA) is 79.4 Å². The fourth-order valence-corrected chi connectivity index (χ4v) is 3.90. The quantitative estimate of drug-likeness (QED) is 0.517. The highest BCUT2D eigenvalue weighted by Gasteiger charge is 2.35. The normalized spacial score (nSPS) is 17.5. The second-order valence-corrected chi connectivity index (χ2v) is 9.31. The Labute approximate surface area is 199 Å². The number of rotatable bonds is 5. The molecule has 0 bridgehead atoms. The van der Waals surface area contributed by atoms with E-state index in [4.69, 9.17) is 26.3 Å². The molecule has 0 aliphatic carbocycles. The number of halogens is 1. The molecule has 0 spiro atoms. The van der Waals surface area contributed by atoms with Crippen LogP contribution in [0.3, 0.4) is 0 Å². The van der Waals surface area contributed by atoms with Gasteiger partial charge in [-0.3, -0.25) is 4.79 Å². The number of benzene rings is 2. The summed E-state index contributed by atoms with van der Waals surface area (Å²) in [5.74, 6) is 1.94. The van der Waals surface area contributed by atoms with Gasteiger partial charge in [0.15, 0.2) is 5.82 Å². The molecular weight excluding hydrogens is 438 g/mol. The van der Waals surface area contributed by atoms with Crippen LogP contribution in [0.1, 0.15) is 27.7 Å². The van der Waals surface area contributed by atoms with E-state index < -0.39 is 0 Å². The first-order valence-electron chi connectivity index (χ1n) is 10.9. The Kier molecular flexibility index (Phi) is 6.54. The molecule has 4 rings (SSSR count). The van der Waals surface area contributed by atoms with Crippen molar-refractivity contribution in [3.63, 3.8) is 0 Å². The maximum absolute atomic E-state index is 11.4. The molecule has 2 heterocycles. The summed E-state index contributed by atoms with van der Waals surface area (Å²) < 4.78 is 5.89. The summed E-state index contributed by atoms with van der Waals surface area (Å²) in [6, 6.07) is 16.9. The van der Waals surface area contributed by atoms with Gasteiger partial charge < -0.3 is 20.3 Å². The molecular formula is C25H28ClN5O2. The van der Waals surface area contributed by atoms with Crippen LogP contribution in [0.5, 0.6) is 0 Å². The average molecular weight is 466 g/mol. The molecule has 0 radical (unpaired) electrons. The summed E-state index contributed by atoms with van der Waals surface area (Å²) >= 11 is 6.09. The van der Waals surface area contributed by atoms with E-state index in [9.17, 15) is 4.79 Å². The molecule has 2 N–H and O–H groups in total. The van der Waals surface area contributed by atoms with Crippen LogP contribution < -0.4 is 15.5 Å². The molecule has 2 aromatic carbocycles. The zero-order valence-electron chi connectivity index (χ0n) is 19.2. The first kappa shape index (κ1) is 23.0. The van der Waals surface area contributed by atoms with Crippen LogP contribution in [0.25, 0.3) is 11.4 Å². The second-order valence-electron chi connectivity index (χ2n) is 8.87. The highest BCUT2D eigenvalue weighted by atomic mass is 35.5. The molecule has 172 valence electrons. The van der Waals surface area contributed by atoms with Crippen molar-refractivity contribution in [2.75, 3.05) is 28.7 Å². The molecule has 1 aliphatic rings. The Morgan fingerprint density at radius 2 is 1.85 bits per heavy atom. The summed E-state index contributed by atoms with van der Waals surface area (Å²) in [6.45, 7) is 9.17. The molecule has 1 aliphatic heterocycles. The minimum absolute atomic E-state index is 0.0951. The van der Waals surface area contributed by atoms with Crippen molar-refractivity contribution in [3.8, 4) is 11.4 Å². The van der Waals surface area contributed by atoms with Crippen LogP contribution in [-0.2, 0) is 9.53 Å². The van der Waals surface area contributed by atoms with Gasteiger partial charge in [0.05, 0.1) is 18.2 Å². The molecule has 1 fully saturated rings. The SMILES string of the molecule is CC(=O)Nc1cccc(Nc2cc(N3CC(C)OCC3(C)C)nc(-c3ccc(Cl)cc3)n2)c1. The molecule has 1 aromatic heterocycles. The van der Waals surface area contributed by atoms with Gasteiger partial charge in [-0.2, -0.15) is 0 Å². The lowest BCUT2D eigenvalue weighted by atomic mass is 10.0. The Hall–Kier alpha value is -3.16. The van der Waals surface area contributed by atoms with E-state index in [-0.39, 0.29) is 17.6 Å². The van der Waals surface area contributed by atoms with E-state index in [1.54, 1.807) is 0 Å². The maximum atomic E-state index is 11.4. The fraction of sp³-hybridized carbons (Fsp3) is 0.320. The monoisotopic (exact) mass is 465 g/mol. The van der Waals surface area contributed by atoms with E-state index in [1.165, 1.54) is 6.92 Å². The Morgan fingerprint density at radius 3 is 2.58 bits per heavy atom. The van der Waals surface area contributed by atoms with Gasteiger partial charge in [-0.25, -0.2) is 9.97 Å². The molecule has 8 heteroatoms. The molecule has 1 atom stereocenters. The van der Waals surface area contributed by atoms with Crippen LogP contribution >= 0.6 is 11.6 Å². The van der Waals surface area contributed by atoms with Crippen molar-refractivity contribution in [1.29, 1.82) is 0 Å². The minimum Gasteiger partial charge on any atom is -0.374 e. The number of hydrogen-bond donors (Lipinski definition) is 2. The number of nitrogens with zero attached hydrogens (tertiary/aromatic N) is 3. The van der Waals surface area contributed by atoms with Crippen molar-refractivity contribution in [3.05, 3.63) is 59.6 Å². The molecule has 7 nitrogen and oxygen atoms in total. The Balaban J connectivity index is 1.75. The number of ether oxygens (including phenoxy) is 1. The summed E-state index contributed by atoms with van der Waals surface area (Å²) in [5.41, 5.74) is 2.17. The summed E-state index contributed by atoms with van der Waals surface area (Å²) in [4.78, 5) is 23.4. The third kappa shape index (κ3) is 5.61. The van der Waals surface area contributed by atoms with E-state index >= 15 is 0 Å². The van der Waals surface area contributed by atoms with Gasteiger partial charge in [0.1, 0.15) is 11.6 Å². The van der Waals surface area contributed by atoms with Crippen LogP contribution in [0.2, 0.25) is 5.02 Å². The standard InChI is InChI=1S/C25H28ClN5O2/c1-16-14-31(25(3,4)15-33-16)23-13-22(28-21-7-5-6-20(12-21)27-17(2)32)29-24(30-23)18-8-10-19(26)11-9-18/h5-13,16H,14-15H2,1-4H3,(H,27,32)(H,28,29,30). The second kappa shape index (κ2) is 9.37. The van der Waals surface area contributed by atoms with Crippen LogP contribution in [0, 0.1) is 0 Å². The van der Waals surface area contributed by atoms with E-state index in [0.717, 1.165) is 23.6 Å². The molecule has 33 heavy (non-hydrogen) atoms. The van der Waals surface area contributed by atoms with Gasteiger partial charge in [-0.05, 0) is 63.2 Å². The number of hydrogen-bond acceptors (Lipinski definition) is 6. The highest BCUT2D eigenvalue weighted by molar-refractivity contribution is 6.30. The van der Waals surface area contributed by atoms with Gasteiger partial charge in [-0.15, -0.1) is 0 Å². The smallest absolute Gasteiger partial charge is 0.221 e. The number of aromatic nitrogens is 2. The number of morpholine rings is 1. The predicted octanol–water partition coefficient (Wildman–Crippen LogP) is 5.50. The van der Waals surface area contributed by atoms with E-state index in [0.29, 0.717) is 29.0 Å². The van der Waals surface area contributed by atoms with Gasteiger partial charge in [0, 0.05) is 41.5 Å². The average Bonchev–Trinajstić information content (AvgIpc) is 2.75. The molecule has 3 aromatic rings. The van der Waals surface area contributed by atoms with Crippen LogP contribution in [0.4, 0.5) is 23.0 Å². The first-order valence-corrected chi connectivity index (χ1v) is 11.3. The first-order chi connectivity index (χ1) is 15.7. The number of carbonyl (C=O) groups is 1. The van der Waals surface area contributed by atoms with Crippen molar-refractivity contribution >= 4 is 40.5 Å². The molecule has 0 saturated carbocycles. The zero-order chi connectivity index (χ0) is 23.6. The third-order valence-electron chi connectivity index (χ3n) is 5.44. The lowest BCUT2D eigenvalue weighted by Gasteiger charge is -2.45. The van der Waals surface area contributed by atoms with Crippen molar-refractivity contribution in [2.45, 2.75) is 39.3 Å². The van der Waals surface area contributed by atoms with Crippen molar-refractivity contribution < 1.29 is 9.53 Å². The molecule has 1 amide bonds. The third-order valence-corrected chi connectivity index (χ3v) is 5.69. The van der Waals surface area contributed by atoms with Crippen LogP contribution in [-0.4, -0.2) is 40.7 Å². The lowest BCUT2D eigenvalue weighted by molar-refractivity contribution is -0.114. The van der Waals surface area contributed by atoms with E-state index in [1.807, 2.05) is 54.6 Å². The zero-order valence-corrected chi connectivity index (χ0v) is 20.0. The number of carbonyl (C=O) groups excluding carboxylic acids is 1. The minimum atomic E-state index is -0.222. The van der Waals surface area contributed by atoms with Crippen molar-refractivity contribution in [2.24, 2.45) is 0 Å².